The van der Waals surface area contributed by atoms with E-state index in [0.717, 1.165) is 55.0 Å². The zero-order chi connectivity index (χ0) is 22.2. The molecule has 0 unspecified atom stereocenters. The molecule has 0 bridgehead atoms. The average Bonchev–Trinajstić information content (AvgIpc) is 3.33. The van der Waals surface area contributed by atoms with Gasteiger partial charge in [0.15, 0.2) is 0 Å². The van der Waals surface area contributed by atoms with E-state index in [1.54, 1.807) is 6.07 Å². The molecule has 0 radical (unpaired) electrons. The molecule has 168 valence electrons. The van der Waals surface area contributed by atoms with E-state index in [4.69, 9.17) is 14.7 Å². The lowest BCUT2D eigenvalue weighted by molar-refractivity contribution is 0.122. The molecule has 1 saturated heterocycles. The van der Waals surface area contributed by atoms with Gasteiger partial charge in [0.25, 0.3) is 0 Å². The van der Waals surface area contributed by atoms with Gasteiger partial charge in [-0.3, -0.25) is 0 Å². The number of hydrogen-bond donors (Lipinski definition) is 3. The first-order chi connectivity index (χ1) is 16.2. The van der Waals surface area contributed by atoms with Crippen LogP contribution in [0.15, 0.2) is 48.7 Å². The first-order valence-electron chi connectivity index (χ1n) is 11.3. The van der Waals surface area contributed by atoms with Crippen LogP contribution in [-0.2, 0) is 17.7 Å². The standard InChI is InChI=1S/C25H25FN6O/c26-20-3-4-21-19(6-8-28-21)24(20)22-14-23(32-9-11-33-12-10-32)31-25(30-22)29-18-2-1-16-5-7-27-15-17(16)13-18/h1-4,6,8,13-14,27-28H,5,7,9-12,15H2,(H,29,30,31). The van der Waals surface area contributed by atoms with Crippen molar-refractivity contribution in [2.24, 2.45) is 0 Å². The number of ether oxygens (including phenoxy) is 1. The molecule has 2 aromatic heterocycles. The molecule has 2 aromatic carbocycles. The second kappa shape index (κ2) is 8.46. The molecule has 0 spiro atoms. The van der Waals surface area contributed by atoms with Crippen molar-refractivity contribution in [1.82, 2.24) is 20.3 Å². The molecule has 3 N–H and O–H groups in total. The molecule has 0 aliphatic carbocycles. The molecule has 8 heteroatoms. The number of aromatic nitrogens is 3. The maximum atomic E-state index is 15.1. The summed E-state index contributed by atoms with van der Waals surface area (Å²) in [6, 6.07) is 13.3. The van der Waals surface area contributed by atoms with Crippen LogP contribution in [0.3, 0.4) is 0 Å². The molecule has 0 saturated carbocycles. The molecule has 6 rings (SSSR count). The fraction of sp³-hybridized carbons (Fsp3) is 0.280. The van der Waals surface area contributed by atoms with E-state index in [-0.39, 0.29) is 5.82 Å². The van der Waals surface area contributed by atoms with Crippen LogP contribution in [0.4, 0.5) is 21.8 Å². The zero-order valence-electron chi connectivity index (χ0n) is 18.2. The van der Waals surface area contributed by atoms with Gasteiger partial charge < -0.3 is 25.3 Å². The van der Waals surface area contributed by atoms with Crippen molar-refractivity contribution in [1.29, 1.82) is 0 Å². The van der Waals surface area contributed by atoms with E-state index in [1.807, 2.05) is 18.3 Å². The Morgan fingerprint density at radius 2 is 1.91 bits per heavy atom. The number of fused-ring (bicyclic) bond motifs is 2. The van der Waals surface area contributed by atoms with Gasteiger partial charge in [-0.2, -0.15) is 4.98 Å². The van der Waals surface area contributed by atoms with E-state index in [0.29, 0.717) is 30.4 Å². The summed E-state index contributed by atoms with van der Waals surface area (Å²) in [7, 11) is 0. The quantitative estimate of drug-likeness (QED) is 0.442. The highest BCUT2D eigenvalue weighted by Gasteiger charge is 2.19. The van der Waals surface area contributed by atoms with Crippen LogP contribution in [-0.4, -0.2) is 47.8 Å². The number of morpholine rings is 1. The lowest BCUT2D eigenvalue weighted by Gasteiger charge is -2.28. The van der Waals surface area contributed by atoms with Crippen molar-refractivity contribution in [2.45, 2.75) is 13.0 Å². The number of halogens is 1. The topological polar surface area (TPSA) is 78.1 Å². The third-order valence-electron chi connectivity index (χ3n) is 6.34. The monoisotopic (exact) mass is 444 g/mol. The van der Waals surface area contributed by atoms with Gasteiger partial charge in [0.05, 0.1) is 18.9 Å². The molecule has 7 nitrogen and oxygen atoms in total. The van der Waals surface area contributed by atoms with E-state index >= 15 is 4.39 Å². The number of nitrogens with zero attached hydrogens (tertiary/aromatic N) is 3. The normalized spacial score (nSPS) is 16.1. The average molecular weight is 445 g/mol. The van der Waals surface area contributed by atoms with Crippen LogP contribution < -0.4 is 15.5 Å². The van der Waals surface area contributed by atoms with Crippen LogP contribution in [0, 0.1) is 5.82 Å². The lowest BCUT2D eigenvalue weighted by atomic mass is 10.0. The predicted octanol–water partition coefficient (Wildman–Crippen LogP) is 3.99. The third kappa shape index (κ3) is 3.92. The van der Waals surface area contributed by atoms with Crippen molar-refractivity contribution in [3.8, 4) is 11.3 Å². The first-order valence-corrected chi connectivity index (χ1v) is 11.3. The molecular formula is C25H25FN6O. The summed E-state index contributed by atoms with van der Waals surface area (Å²) in [5.41, 5.74) is 5.46. The fourth-order valence-corrected chi connectivity index (χ4v) is 4.63. The lowest BCUT2D eigenvalue weighted by Crippen LogP contribution is -2.36. The van der Waals surface area contributed by atoms with Gasteiger partial charge in [0.1, 0.15) is 11.6 Å². The summed E-state index contributed by atoms with van der Waals surface area (Å²) in [4.78, 5) is 14.9. The molecule has 4 heterocycles. The summed E-state index contributed by atoms with van der Waals surface area (Å²) >= 11 is 0. The van der Waals surface area contributed by atoms with E-state index < -0.39 is 0 Å². The van der Waals surface area contributed by atoms with E-state index in [1.165, 1.54) is 17.2 Å². The van der Waals surface area contributed by atoms with Crippen LogP contribution in [0.2, 0.25) is 0 Å². The van der Waals surface area contributed by atoms with Crippen LogP contribution in [0.1, 0.15) is 11.1 Å². The van der Waals surface area contributed by atoms with Crippen LogP contribution in [0.5, 0.6) is 0 Å². The minimum atomic E-state index is -0.306. The number of H-pyrrole nitrogens is 1. The Bertz CT molecular complexity index is 1310. The Hall–Kier alpha value is -3.49. The van der Waals surface area contributed by atoms with Gasteiger partial charge >= 0.3 is 0 Å². The second-order valence-electron chi connectivity index (χ2n) is 8.43. The summed E-state index contributed by atoms with van der Waals surface area (Å²) < 4.78 is 20.6. The van der Waals surface area contributed by atoms with Crippen LogP contribution >= 0.6 is 0 Å². The summed E-state index contributed by atoms with van der Waals surface area (Å²) in [5.74, 6) is 0.904. The third-order valence-corrected chi connectivity index (χ3v) is 6.34. The van der Waals surface area contributed by atoms with Crippen molar-refractivity contribution in [3.63, 3.8) is 0 Å². The van der Waals surface area contributed by atoms with Crippen molar-refractivity contribution in [3.05, 3.63) is 65.6 Å². The first kappa shape index (κ1) is 20.1. The molecule has 0 amide bonds. The molecule has 2 aliphatic heterocycles. The molecule has 4 aromatic rings. The Morgan fingerprint density at radius 3 is 2.82 bits per heavy atom. The molecule has 0 atom stereocenters. The van der Waals surface area contributed by atoms with E-state index in [2.05, 4.69) is 38.7 Å². The number of anilines is 3. The second-order valence-corrected chi connectivity index (χ2v) is 8.43. The number of benzene rings is 2. The number of nitrogens with one attached hydrogen (secondary N) is 3. The number of hydrogen-bond acceptors (Lipinski definition) is 6. The van der Waals surface area contributed by atoms with Crippen molar-refractivity contribution >= 4 is 28.4 Å². The Morgan fingerprint density at radius 1 is 1.00 bits per heavy atom. The highest BCUT2D eigenvalue weighted by Crippen LogP contribution is 2.33. The minimum absolute atomic E-state index is 0.306. The fourth-order valence-electron chi connectivity index (χ4n) is 4.63. The van der Waals surface area contributed by atoms with Gasteiger partial charge in [-0.15, -0.1) is 0 Å². The van der Waals surface area contributed by atoms with Crippen molar-refractivity contribution in [2.75, 3.05) is 43.1 Å². The molecule has 1 fully saturated rings. The van der Waals surface area contributed by atoms with Gasteiger partial charge in [-0.25, -0.2) is 9.37 Å². The predicted molar refractivity (Wildman–Crippen MR) is 127 cm³/mol. The number of rotatable bonds is 4. The number of aromatic amines is 1. The molecule has 2 aliphatic rings. The van der Waals surface area contributed by atoms with Gasteiger partial charge in [-0.05, 0) is 54.4 Å². The Balaban J connectivity index is 1.44. The summed E-state index contributed by atoms with van der Waals surface area (Å²) in [5, 5.41) is 7.58. The van der Waals surface area contributed by atoms with Crippen molar-refractivity contribution < 1.29 is 9.13 Å². The van der Waals surface area contributed by atoms with E-state index in [9.17, 15) is 0 Å². The Labute approximate surface area is 191 Å². The zero-order valence-corrected chi connectivity index (χ0v) is 18.2. The Kier molecular flexibility index (Phi) is 5.16. The van der Waals surface area contributed by atoms with Crippen LogP contribution in [0.25, 0.3) is 22.2 Å². The smallest absolute Gasteiger partial charge is 0.229 e. The maximum Gasteiger partial charge on any atom is 0.229 e. The highest BCUT2D eigenvalue weighted by molar-refractivity contribution is 5.95. The van der Waals surface area contributed by atoms with Gasteiger partial charge in [0.2, 0.25) is 5.95 Å². The minimum Gasteiger partial charge on any atom is -0.378 e. The SMILES string of the molecule is Fc1ccc2[nH]ccc2c1-c1cc(N2CCOCC2)nc(Nc2ccc3c(c2)CNCC3)n1. The summed E-state index contributed by atoms with van der Waals surface area (Å²) in [6.07, 6.45) is 2.85. The maximum absolute atomic E-state index is 15.1. The highest BCUT2D eigenvalue weighted by atomic mass is 19.1. The largest absolute Gasteiger partial charge is 0.378 e. The van der Waals surface area contributed by atoms with Gasteiger partial charge in [-0.1, -0.05) is 6.07 Å². The molecule has 33 heavy (non-hydrogen) atoms. The van der Waals surface area contributed by atoms with Gasteiger partial charge in [0, 0.05) is 54.1 Å². The molecular weight excluding hydrogens is 419 g/mol. The summed E-state index contributed by atoms with van der Waals surface area (Å²) in [6.45, 7) is 4.60.